The Kier molecular flexibility index (Phi) is 4.66. The van der Waals surface area contributed by atoms with Gasteiger partial charge >= 0.3 is 5.97 Å². The number of aliphatic hydroxyl groups excluding tert-OH is 2. The van der Waals surface area contributed by atoms with E-state index in [-0.39, 0.29) is 17.7 Å². The highest BCUT2D eigenvalue weighted by Gasteiger charge is 2.20. The van der Waals surface area contributed by atoms with Crippen LogP contribution in [0.3, 0.4) is 0 Å². The standard InChI is InChI=1S/C12H13NO5/c1-18-10-6-7(2-3-8(10)12(16)17)11(15)9(14)4-5-13/h2-3,6,9,11,14-15H,4H2,1H3,(H,16,17). The SMILES string of the molecule is COc1cc(C(O)C(O)CC#N)ccc1C(=O)O. The van der Waals surface area contributed by atoms with E-state index in [1.54, 1.807) is 6.07 Å². The number of hydrogen-bond acceptors (Lipinski definition) is 5. The van der Waals surface area contributed by atoms with Gasteiger partial charge in [0.1, 0.15) is 17.4 Å². The molecule has 0 saturated carbocycles. The van der Waals surface area contributed by atoms with Crippen LogP contribution < -0.4 is 4.74 Å². The fourth-order valence-corrected chi connectivity index (χ4v) is 1.50. The molecule has 2 unspecified atom stereocenters. The number of nitriles is 1. The minimum Gasteiger partial charge on any atom is -0.496 e. The van der Waals surface area contributed by atoms with Crippen molar-refractivity contribution in [2.45, 2.75) is 18.6 Å². The summed E-state index contributed by atoms with van der Waals surface area (Å²) in [5, 5.41) is 36.6. The van der Waals surface area contributed by atoms with Crippen molar-refractivity contribution < 1.29 is 24.9 Å². The van der Waals surface area contributed by atoms with Crippen LogP contribution in [0.15, 0.2) is 18.2 Å². The van der Waals surface area contributed by atoms with E-state index >= 15 is 0 Å². The van der Waals surface area contributed by atoms with E-state index in [0.717, 1.165) is 0 Å². The third kappa shape index (κ3) is 2.97. The first-order valence-corrected chi connectivity index (χ1v) is 5.15. The van der Waals surface area contributed by atoms with Crippen LogP contribution in [0.2, 0.25) is 0 Å². The smallest absolute Gasteiger partial charge is 0.339 e. The summed E-state index contributed by atoms with van der Waals surface area (Å²) in [4.78, 5) is 10.9. The van der Waals surface area contributed by atoms with Crippen LogP contribution in [0.4, 0.5) is 0 Å². The second kappa shape index (κ2) is 6.00. The predicted octanol–water partition coefficient (Wildman–Crippen LogP) is 0.701. The Morgan fingerprint density at radius 3 is 2.67 bits per heavy atom. The van der Waals surface area contributed by atoms with Gasteiger partial charge in [0.15, 0.2) is 0 Å². The molecule has 1 aromatic rings. The Morgan fingerprint density at radius 1 is 1.50 bits per heavy atom. The van der Waals surface area contributed by atoms with Crippen LogP contribution in [0.25, 0.3) is 0 Å². The Labute approximate surface area is 104 Å². The molecule has 0 bridgehead atoms. The number of hydrogen-bond donors (Lipinski definition) is 3. The number of methoxy groups -OCH3 is 1. The Balaban J connectivity index is 3.06. The molecule has 0 heterocycles. The van der Waals surface area contributed by atoms with Gasteiger partial charge in [0.25, 0.3) is 0 Å². The second-order valence-corrected chi connectivity index (χ2v) is 3.64. The highest BCUT2D eigenvalue weighted by atomic mass is 16.5. The first-order chi connectivity index (χ1) is 8.51. The van der Waals surface area contributed by atoms with E-state index in [9.17, 15) is 15.0 Å². The molecule has 2 atom stereocenters. The van der Waals surface area contributed by atoms with Gasteiger partial charge in [-0.05, 0) is 17.7 Å². The summed E-state index contributed by atoms with van der Waals surface area (Å²) in [6.45, 7) is 0. The lowest BCUT2D eigenvalue weighted by molar-refractivity contribution is 0.0215. The number of carboxylic acid groups (broad SMARTS) is 1. The summed E-state index contributed by atoms with van der Waals surface area (Å²) in [5.74, 6) is -1.06. The molecular formula is C12H13NO5. The summed E-state index contributed by atoms with van der Waals surface area (Å²) in [7, 11) is 1.31. The highest BCUT2D eigenvalue weighted by molar-refractivity contribution is 5.91. The molecule has 0 aromatic heterocycles. The third-order valence-corrected chi connectivity index (χ3v) is 2.46. The Morgan fingerprint density at radius 2 is 2.17 bits per heavy atom. The topological polar surface area (TPSA) is 111 Å². The van der Waals surface area contributed by atoms with Crippen LogP contribution in [0, 0.1) is 11.3 Å². The van der Waals surface area contributed by atoms with Crippen LogP contribution >= 0.6 is 0 Å². The van der Waals surface area contributed by atoms with Gasteiger partial charge in [0, 0.05) is 0 Å². The van der Waals surface area contributed by atoms with Crippen molar-refractivity contribution in [2.75, 3.05) is 7.11 Å². The van der Waals surface area contributed by atoms with Crippen molar-refractivity contribution in [3.63, 3.8) is 0 Å². The van der Waals surface area contributed by atoms with E-state index in [0.29, 0.717) is 5.56 Å². The van der Waals surface area contributed by atoms with E-state index < -0.39 is 18.2 Å². The van der Waals surface area contributed by atoms with Gasteiger partial charge in [0.2, 0.25) is 0 Å². The summed E-state index contributed by atoms with van der Waals surface area (Å²) in [6.07, 6.45) is -2.71. The average molecular weight is 251 g/mol. The Bertz CT molecular complexity index is 480. The number of rotatable bonds is 5. The zero-order valence-corrected chi connectivity index (χ0v) is 9.70. The zero-order valence-electron chi connectivity index (χ0n) is 9.70. The molecule has 0 spiro atoms. The molecule has 6 heteroatoms. The van der Waals surface area contributed by atoms with E-state index in [1.807, 2.05) is 0 Å². The van der Waals surface area contributed by atoms with Crippen molar-refractivity contribution in [2.24, 2.45) is 0 Å². The van der Waals surface area contributed by atoms with Gasteiger partial charge < -0.3 is 20.1 Å². The quantitative estimate of drug-likeness (QED) is 0.710. The number of carbonyl (C=O) groups is 1. The normalized spacial score (nSPS) is 13.4. The monoisotopic (exact) mass is 251 g/mol. The molecule has 0 aliphatic heterocycles. The van der Waals surface area contributed by atoms with Crippen LogP contribution in [-0.4, -0.2) is 34.5 Å². The lowest BCUT2D eigenvalue weighted by atomic mass is 10.0. The maximum Gasteiger partial charge on any atom is 0.339 e. The minimum absolute atomic E-state index is 0.0387. The van der Waals surface area contributed by atoms with Gasteiger partial charge in [0.05, 0.1) is 25.7 Å². The minimum atomic E-state index is -1.26. The first-order valence-electron chi connectivity index (χ1n) is 5.15. The molecule has 1 rings (SSSR count). The molecule has 0 aliphatic rings. The lowest BCUT2D eigenvalue weighted by Crippen LogP contribution is -2.17. The summed E-state index contributed by atoms with van der Waals surface area (Å²) in [6, 6.07) is 5.72. The Hall–Kier alpha value is -2.10. The van der Waals surface area contributed by atoms with Crippen LogP contribution in [-0.2, 0) is 0 Å². The molecule has 18 heavy (non-hydrogen) atoms. The second-order valence-electron chi connectivity index (χ2n) is 3.64. The number of ether oxygens (including phenoxy) is 1. The molecule has 0 amide bonds. The highest BCUT2D eigenvalue weighted by Crippen LogP contribution is 2.26. The van der Waals surface area contributed by atoms with Crippen molar-refractivity contribution in [3.05, 3.63) is 29.3 Å². The number of aliphatic hydroxyl groups is 2. The van der Waals surface area contributed by atoms with Crippen molar-refractivity contribution in [1.29, 1.82) is 5.26 Å². The summed E-state index contributed by atoms with van der Waals surface area (Å²) >= 11 is 0. The van der Waals surface area contributed by atoms with Crippen LogP contribution in [0.1, 0.15) is 28.4 Å². The van der Waals surface area contributed by atoms with Gasteiger partial charge in [-0.15, -0.1) is 0 Å². The molecule has 0 aliphatic carbocycles. The molecule has 96 valence electrons. The third-order valence-electron chi connectivity index (χ3n) is 2.46. The van der Waals surface area contributed by atoms with Gasteiger partial charge in [-0.25, -0.2) is 4.79 Å². The van der Waals surface area contributed by atoms with Crippen molar-refractivity contribution in [1.82, 2.24) is 0 Å². The number of aromatic carboxylic acids is 1. The van der Waals surface area contributed by atoms with E-state index in [4.69, 9.17) is 15.1 Å². The fourth-order valence-electron chi connectivity index (χ4n) is 1.50. The summed E-state index contributed by atoms with van der Waals surface area (Å²) in [5.41, 5.74) is 0.253. The van der Waals surface area contributed by atoms with Crippen LogP contribution in [0.5, 0.6) is 5.75 Å². The maximum atomic E-state index is 10.9. The molecule has 6 nitrogen and oxygen atoms in total. The van der Waals surface area contributed by atoms with Gasteiger partial charge in [-0.2, -0.15) is 5.26 Å². The van der Waals surface area contributed by atoms with Crippen molar-refractivity contribution >= 4 is 5.97 Å². The molecule has 0 saturated heterocycles. The number of nitrogens with zero attached hydrogens (tertiary/aromatic N) is 1. The summed E-state index contributed by atoms with van der Waals surface area (Å²) < 4.78 is 4.90. The fraction of sp³-hybridized carbons (Fsp3) is 0.333. The number of benzene rings is 1. The molecule has 1 aromatic carbocycles. The average Bonchev–Trinajstić information content (AvgIpc) is 2.37. The van der Waals surface area contributed by atoms with Gasteiger partial charge in [-0.3, -0.25) is 0 Å². The zero-order chi connectivity index (χ0) is 13.7. The van der Waals surface area contributed by atoms with E-state index in [2.05, 4.69) is 0 Å². The number of carboxylic acids is 1. The van der Waals surface area contributed by atoms with E-state index in [1.165, 1.54) is 25.3 Å². The molecule has 0 fully saturated rings. The molecular weight excluding hydrogens is 238 g/mol. The lowest BCUT2D eigenvalue weighted by Gasteiger charge is -2.16. The molecule has 0 radical (unpaired) electrons. The molecule has 3 N–H and O–H groups in total. The first kappa shape index (κ1) is 14.0. The van der Waals surface area contributed by atoms with Gasteiger partial charge in [-0.1, -0.05) is 6.07 Å². The van der Waals surface area contributed by atoms with Crippen molar-refractivity contribution in [3.8, 4) is 11.8 Å². The largest absolute Gasteiger partial charge is 0.496 e. The predicted molar refractivity (Wildman–Crippen MR) is 61.1 cm³/mol. The maximum absolute atomic E-state index is 10.9.